The molecular formula is C12H16FNO2. The van der Waals surface area contributed by atoms with E-state index < -0.39 is 11.4 Å². The lowest BCUT2D eigenvalue weighted by Gasteiger charge is -2.25. The van der Waals surface area contributed by atoms with Crippen molar-refractivity contribution in [3.8, 4) is 11.5 Å². The number of hydrogen-bond acceptors (Lipinski definition) is 3. The van der Waals surface area contributed by atoms with Crippen LogP contribution in [-0.4, -0.2) is 12.2 Å². The molecule has 0 amide bonds. The lowest BCUT2D eigenvalue weighted by atomic mass is 9.88. The van der Waals surface area contributed by atoms with Gasteiger partial charge in [-0.05, 0) is 18.9 Å². The Morgan fingerprint density at radius 1 is 1.38 bits per heavy atom. The minimum absolute atomic E-state index is 0.189. The third kappa shape index (κ3) is 1.73. The van der Waals surface area contributed by atoms with Crippen molar-refractivity contribution in [3.63, 3.8) is 0 Å². The van der Waals surface area contributed by atoms with E-state index in [0.29, 0.717) is 5.56 Å². The Kier molecular flexibility index (Phi) is 2.76. The Labute approximate surface area is 94.0 Å². The number of benzene rings is 1. The zero-order valence-electron chi connectivity index (χ0n) is 9.29. The molecule has 3 nitrogen and oxygen atoms in total. The zero-order chi connectivity index (χ0) is 11.8. The van der Waals surface area contributed by atoms with Gasteiger partial charge in [0.15, 0.2) is 11.5 Å². The number of nitrogens with two attached hydrogens (primary N) is 1. The molecule has 1 aromatic rings. The van der Waals surface area contributed by atoms with E-state index >= 15 is 0 Å². The Morgan fingerprint density at radius 3 is 2.56 bits per heavy atom. The van der Waals surface area contributed by atoms with Crippen LogP contribution in [0.15, 0.2) is 12.1 Å². The van der Waals surface area contributed by atoms with E-state index in [1.54, 1.807) is 0 Å². The predicted molar refractivity (Wildman–Crippen MR) is 59.0 cm³/mol. The summed E-state index contributed by atoms with van der Waals surface area (Å²) in [5.41, 5.74) is 6.02. The van der Waals surface area contributed by atoms with Crippen LogP contribution in [0.1, 0.15) is 31.2 Å². The molecule has 1 saturated carbocycles. The fourth-order valence-corrected chi connectivity index (χ4v) is 2.36. The average Bonchev–Trinajstić information content (AvgIpc) is 2.66. The number of ether oxygens (including phenoxy) is 1. The molecule has 16 heavy (non-hydrogen) atoms. The lowest BCUT2D eigenvalue weighted by Crippen LogP contribution is -2.34. The van der Waals surface area contributed by atoms with E-state index in [1.165, 1.54) is 13.2 Å². The molecule has 0 heterocycles. The summed E-state index contributed by atoms with van der Waals surface area (Å²) < 4.78 is 18.7. The summed E-state index contributed by atoms with van der Waals surface area (Å²) in [7, 11) is 1.44. The normalized spacial score (nSPS) is 18.7. The largest absolute Gasteiger partial charge is 0.504 e. The highest BCUT2D eigenvalue weighted by molar-refractivity contribution is 5.45. The maximum absolute atomic E-state index is 13.8. The summed E-state index contributed by atoms with van der Waals surface area (Å²) in [5, 5.41) is 9.44. The van der Waals surface area contributed by atoms with Crippen LogP contribution in [0, 0.1) is 5.82 Å². The smallest absolute Gasteiger partial charge is 0.161 e. The topological polar surface area (TPSA) is 55.5 Å². The van der Waals surface area contributed by atoms with Crippen LogP contribution in [0.25, 0.3) is 0 Å². The second kappa shape index (κ2) is 3.94. The summed E-state index contributed by atoms with van der Waals surface area (Å²) in [6.07, 6.45) is 3.58. The van der Waals surface area contributed by atoms with Crippen molar-refractivity contribution in [1.29, 1.82) is 0 Å². The van der Waals surface area contributed by atoms with E-state index in [-0.39, 0.29) is 11.5 Å². The quantitative estimate of drug-likeness (QED) is 0.811. The standard InChI is InChI=1S/C12H16FNO2/c1-16-11-6-8(9(13)7-10(11)15)12(14)4-2-3-5-12/h6-7,15H,2-5,14H2,1H3. The second-order valence-corrected chi connectivity index (χ2v) is 4.37. The summed E-state index contributed by atoms with van der Waals surface area (Å²) in [6, 6.07) is 2.58. The summed E-state index contributed by atoms with van der Waals surface area (Å²) in [5.74, 6) is -0.374. The second-order valence-electron chi connectivity index (χ2n) is 4.37. The molecule has 2 rings (SSSR count). The molecule has 0 aromatic heterocycles. The number of hydrogen-bond donors (Lipinski definition) is 2. The zero-order valence-corrected chi connectivity index (χ0v) is 9.29. The highest BCUT2D eigenvalue weighted by Crippen LogP contribution is 2.41. The van der Waals surface area contributed by atoms with Crippen LogP contribution >= 0.6 is 0 Å². The highest BCUT2D eigenvalue weighted by atomic mass is 19.1. The lowest BCUT2D eigenvalue weighted by molar-refractivity contribution is 0.363. The Morgan fingerprint density at radius 2 is 2.00 bits per heavy atom. The maximum atomic E-state index is 13.8. The van der Waals surface area contributed by atoms with E-state index in [0.717, 1.165) is 31.7 Å². The van der Waals surface area contributed by atoms with Gasteiger partial charge in [0.2, 0.25) is 0 Å². The fraction of sp³-hybridized carbons (Fsp3) is 0.500. The Bertz CT molecular complexity index is 400. The van der Waals surface area contributed by atoms with Crippen molar-refractivity contribution in [3.05, 3.63) is 23.5 Å². The molecular weight excluding hydrogens is 209 g/mol. The average molecular weight is 225 g/mol. The van der Waals surface area contributed by atoms with E-state index in [9.17, 15) is 9.50 Å². The molecule has 0 unspecified atom stereocenters. The molecule has 1 aromatic carbocycles. The first-order valence-corrected chi connectivity index (χ1v) is 5.43. The van der Waals surface area contributed by atoms with Gasteiger partial charge in [-0.25, -0.2) is 4.39 Å². The summed E-state index contributed by atoms with van der Waals surface area (Å²) >= 11 is 0. The van der Waals surface area contributed by atoms with Crippen molar-refractivity contribution in [2.75, 3.05) is 7.11 Å². The van der Waals surface area contributed by atoms with E-state index in [2.05, 4.69) is 0 Å². The molecule has 1 fully saturated rings. The molecule has 0 saturated heterocycles. The first-order valence-electron chi connectivity index (χ1n) is 5.43. The van der Waals surface area contributed by atoms with Gasteiger partial charge in [0.05, 0.1) is 7.11 Å². The van der Waals surface area contributed by atoms with Gasteiger partial charge in [0.25, 0.3) is 0 Å². The van der Waals surface area contributed by atoms with Crippen LogP contribution in [0.4, 0.5) is 4.39 Å². The van der Waals surface area contributed by atoms with Crippen molar-refractivity contribution >= 4 is 0 Å². The molecule has 0 spiro atoms. The molecule has 1 aliphatic rings. The number of phenols is 1. The SMILES string of the molecule is COc1cc(C2(N)CCCC2)c(F)cc1O. The fourth-order valence-electron chi connectivity index (χ4n) is 2.36. The Hall–Kier alpha value is -1.29. The summed E-state index contributed by atoms with van der Waals surface area (Å²) in [4.78, 5) is 0. The minimum Gasteiger partial charge on any atom is -0.504 e. The maximum Gasteiger partial charge on any atom is 0.161 e. The van der Waals surface area contributed by atoms with Gasteiger partial charge in [0.1, 0.15) is 5.82 Å². The monoisotopic (exact) mass is 225 g/mol. The van der Waals surface area contributed by atoms with Crippen LogP contribution in [0.5, 0.6) is 11.5 Å². The predicted octanol–water partition coefficient (Wildman–Crippen LogP) is 2.27. The van der Waals surface area contributed by atoms with Crippen molar-refractivity contribution in [1.82, 2.24) is 0 Å². The van der Waals surface area contributed by atoms with Gasteiger partial charge in [-0.3, -0.25) is 0 Å². The molecule has 0 bridgehead atoms. The van der Waals surface area contributed by atoms with Crippen LogP contribution in [-0.2, 0) is 5.54 Å². The molecule has 1 aliphatic carbocycles. The van der Waals surface area contributed by atoms with Crippen LogP contribution in [0.2, 0.25) is 0 Å². The highest BCUT2D eigenvalue weighted by Gasteiger charge is 2.34. The van der Waals surface area contributed by atoms with Gasteiger partial charge in [-0.15, -0.1) is 0 Å². The van der Waals surface area contributed by atoms with Crippen molar-refractivity contribution < 1.29 is 14.2 Å². The molecule has 3 N–H and O–H groups in total. The van der Waals surface area contributed by atoms with Crippen molar-refractivity contribution in [2.45, 2.75) is 31.2 Å². The van der Waals surface area contributed by atoms with Gasteiger partial charge in [0, 0.05) is 17.2 Å². The number of halogens is 1. The van der Waals surface area contributed by atoms with Crippen molar-refractivity contribution in [2.24, 2.45) is 5.73 Å². The molecule has 4 heteroatoms. The number of aromatic hydroxyl groups is 1. The van der Waals surface area contributed by atoms with E-state index in [1.807, 2.05) is 0 Å². The minimum atomic E-state index is -0.606. The van der Waals surface area contributed by atoms with Gasteiger partial charge < -0.3 is 15.6 Å². The van der Waals surface area contributed by atoms with Gasteiger partial charge >= 0.3 is 0 Å². The van der Waals surface area contributed by atoms with Gasteiger partial charge in [-0.2, -0.15) is 0 Å². The number of methoxy groups -OCH3 is 1. The van der Waals surface area contributed by atoms with Crippen LogP contribution in [0.3, 0.4) is 0 Å². The first kappa shape index (κ1) is 11.2. The Balaban J connectivity index is 2.47. The molecule has 88 valence electrons. The summed E-state index contributed by atoms with van der Waals surface area (Å²) in [6.45, 7) is 0. The molecule has 0 aliphatic heterocycles. The van der Waals surface area contributed by atoms with Crippen LogP contribution < -0.4 is 10.5 Å². The van der Waals surface area contributed by atoms with Gasteiger partial charge in [-0.1, -0.05) is 12.8 Å². The third-order valence-electron chi connectivity index (χ3n) is 3.30. The number of rotatable bonds is 2. The third-order valence-corrected chi connectivity index (χ3v) is 3.30. The molecule has 0 radical (unpaired) electrons. The number of phenolic OH excluding ortho intramolecular Hbond substituents is 1. The van der Waals surface area contributed by atoms with E-state index in [4.69, 9.17) is 10.5 Å². The first-order chi connectivity index (χ1) is 7.57. The molecule has 0 atom stereocenters.